The van der Waals surface area contributed by atoms with Crippen LogP contribution >= 0.6 is 11.6 Å². The van der Waals surface area contributed by atoms with Crippen molar-refractivity contribution in [3.8, 4) is 0 Å². The molecular weight excluding hydrogens is 346 g/mol. The summed E-state index contributed by atoms with van der Waals surface area (Å²) in [6.45, 7) is 7.05. The molecule has 1 aromatic heterocycles. The minimum atomic E-state index is -0.510. The molecule has 0 radical (unpaired) electrons. The number of carbonyl (C=O) groups excluding carboxylic acids is 2. The molecule has 0 aliphatic carbocycles. The van der Waals surface area contributed by atoms with E-state index in [1.54, 1.807) is 0 Å². The van der Waals surface area contributed by atoms with E-state index in [4.69, 9.17) is 22.1 Å². The second-order valence-corrected chi connectivity index (χ2v) is 7.43. The van der Waals surface area contributed by atoms with Gasteiger partial charge in [-0.2, -0.15) is 0 Å². The lowest BCUT2D eigenvalue weighted by molar-refractivity contribution is -0.156. The number of esters is 1. The quantitative estimate of drug-likeness (QED) is 0.768. The van der Waals surface area contributed by atoms with E-state index in [9.17, 15) is 9.59 Å². The SMILES string of the molecule is CC(C)(C)OC(=O)CN1CCCC(NC(=O)c2ncnc(N)c2Cl)C1. The van der Waals surface area contributed by atoms with Gasteiger partial charge in [-0.15, -0.1) is 0 Å². The summed E-state index contributed by atoms with van der Waals surface area (Å²) in [5.74, 6) is -0.605. The molecule has 0 aromatic carbocycles. The molecule has 1 amide bonds. The number of nitrogens with two attached hydrogens (primary N) is 1. The Balaban J connectivity index is 1.92. The minimum Gasteiger partial charge on any atom is -0.459 e. The number of rotatable bonds is 4. The predicted molar refractivity (Wildman–Crippen MR) is 94.2 cm³/mol. The highest BCUT2D eigenvalue weighted by atomic mass is 35.5. The molecule has 1 aliphatic heterocycles. The maximum absolute atomic E-state index is 12.4. The lowest BCUT2D eigenvalue weighted by Crippen LogP contribution is -2.49. The molecule has 9 heteroatoms. The van der Waals surface area contributed by atoms with Crippen LogP contribution in [0.5, 0.6) is 0 Å². The van der Waals surface area contributed by atoms with Gasteiger partial charge >= 0.3 is 5.97 Å². The summed E-state index contributed by atoms with van der Waals surface area (Å²) in [6, 6.07) is -0.101. The van der Waals surface area contributed by atoms with Gasteiger partial charge in [0, 0.05) is 12.6 Å². The fraction of sp³-hybridized carbons (Fsp3) is 0.625. The zero-order valence-corrected chi connectivity index (χ0v) is 15.5. The van der Waals surface area contributed by atoms with E-state index in [1.807, 2.05) is 25.7 Å². The van der Waals surface area contributed by atoms with E-state index in [1.165, 1.54) is 6.33 Å². The smallest absolute Gasteiger partial charge is 0.320 e. The van der Waals surface area contributed by atoms with Crippen molar-refractivity contribution in [3.63, 3.8) is 0 Å². The molecule has 3 N–H and O–H groups in total. The Kier molecular flexibility index (Phi) is 6.18. The van der Waals surface area contributed by atoms with Crippen molar-refractivity contribution in [1.29, 1.82) is 0 Å². The van der Waals surface area contributed by atoms with Gasteiger partial charge in [-0.25, -0.2) is 9.97 Å². The third-order valence-corrected chi connectivity index (χ3v) is 4.02. The molecule has 8 nitrogen and oxygen atoms in total. The fourth-order valence-corrected chi connectivity index (χ4v) is 2.85. The number of hydrogen-bond acceptors (Lipinski definition) is 7. The summed E-state index contributed by atoms with van der Waals surface area (Å²) in [7, 11) is 0. The topological polar surface area (TPSA) is 110 Å². The average molecular weight is 370 g/mol. The van der Waals surface area contributed by atoms with Crippen LogP contribution in [-0.2, 0) is 9.53 Å². The van der Waals surface area contributed by atoms with Crippen molar-refractivity contribution >= 4 is 29.3 Å². The second kappa shape index (κ2) is 7.97. The lowest BCUT2D eigenvalue weighted by Gasteiger charge is -2.33. The van der Waals surface area contributed by atoms with E-state index in [2.05, 4.69) is 15.3 Å². The number of halogens is 1. The first kappa shape index (κ1) is 19.4. The number of piperidine rings is 1. The van der Waals surface area contributed by atoms with Gasteiger partial charge in [0.15, 0.2) is 5.69 Å². The third kappa shape index (κ3) is 5.82. The molecule has 25 heavy (non-hydrogen) atoms. The number of nitrogen functional groups attached to an aromatic ring is 1. The summed E-state index contributed by atoms with van der Waals surface area (Å²) in [4.78, 5) is 33.9. The van der Waals surface area contributed by atoms with E-state index in [0.717, 1.165) is 19.4 Å². The molecule has 1 fully saturated rings. The van der Waals surface area contributed by atoms with Crippen LogP contribution in [0.2, 0.25) is 5.02 Å². The predicted octanol–water partition coefficient (Wildman–Crippen LogP) is 1.25. The van der Waals surface area contributed by atoms with Crippen LogP contribution in [0.4, 0.5) is 5.82 Å². The van der Waals surface area contributed by atoms with E-state index in [-0.39, 0.29) is 35.1 Å². The van der Waals surface area contributed by atoms with Crippen LogP contribution in [0.15, 0.2) is 6.33 Å². The summed E-state index contributed by atoms with van der Waals surface area (Å²) >= 11 is 5.98. The number of likely N-dealkylation sites (tertiary alicyclic amines) is 1. The Bertz CT molecular complexity index is 647. The first-order valence-electron chi connectivity index (χ1n) is 8.17. The van der Waals surface area contributed by atoms with Crippen molar-refractivity contribution < 1.29 is 14.3 Å². The van der Waals surface area contributed by atoms with Crippen LogP contribution < -0.4 is 11.1 Å². The van der Waals surface area contributed by atoms with Crippen LogP contribution in [0.1, 0.15) is 44.1 Å². The minimum absolute atomic E-state index is 0.0430. The maximum atomic E-state index is 12.4. The second-order valence-electron chi connectivity index (χ2n) is 7.06. The number of amides is 1. The average Bonchev–Trinajstić information content (AvgIpc) is 2.48. The zero-order chi connectivity index (χ0) is 18.6. The summed E-state index contributed by atoms with van der Waals surface area (Å²) in [5.41, 5.74) is 5.14. The molecule has 2 heterocycles. The number of carbonyl (C=O) groups is 2. The molecule has 2 rings (SSSR count). The van der Waals surface area contributed by atoms with Crippen molar-refractivity contribution in [1.82, 2.24) is 20.2 Å². The van der Waals surface area contributed by atoms with Gasteiger partial charge in [0.1, 0.15) is 22.8 Å². The standard InChI is InChI=1S/C16H24ClN5O3/c1-16(2,3)25-11(23)8-22-6-4-5-10(7-22)21-15(24)13-12(17)14(18)20-9-19-13/h9-10H,4-8H2,1-3H3,(H,21,24)(H2,18,19,20). The molecule has 1 saturated heterocycles. The lowest BCUT2D eigenvalue weighted by atomic mass is 10.1. The van der Waals surface area contributed by atoms with Gasteiger partial charge in [-0.1, -0.05) is 11.6 Å². The van der Waals surface area contributed by atoms with Crippen LogP contribution in [0, 0.1) is 0 Å². The Hall–Kier alpha value is -1.93. The monoisotopic (exact) mass is 369 g/mol. The Morgan fingerprint density at radius 2 is 2.16 bits per heavy atom. The van der Waals surface area contributed by atoms with Crippen molar-refractivity contribution in [2.24, 2.45) is 0 Å². The van der Waals surface area contributed by atoms with Crippen LogP contribution in [0.25, 0.3) is 0 Å². The van der Waals surface area contributed by atoms with Crippen molar-refractivity contribution in [2.45, 2.75) is 45.3 Å². The normalized spacial score (nSPS) is 18.6. The number of nitrogens with zero attached hydrogens (tertiary/aromatic N) is 3. The largest absolute Gasteiger partial charge is 0.459 e. The Labute approximate surface area is 152 Å². The summed E-state index contributed by atoms with van der Waals surface area (Å²) < 4.78 is 5.34. The Morgan fingerprint density at radius 1 is 1.44 bits per heavy atom. The number of ether oxygens (including phenoxy) is 1. The number of nitrogens with one attached hydrogen (secondary N) is 1. The zero-order valence-electron chi connectivity index (χ0n) is 14.7. The van der Waals surface area contributed by atoms with Gasteiger partial charge < -0.3 is 15.8 Å². The maximum Gasteiger partial charge on any atom is 0.320 e. The first-order chi connectivity index (χ1) is 11.7. The molecule has 1 aromatic rings. The Morgan fingerprint density at radius 3 is 2.84 bits per heavy atom. The molecule has 0 bridgehead atoms. The molecule has 1 aliphatic rings. The van der Waals surface area contributed by atoms with E-state index < -0.39 is 11.5 Å². The van der Waals surface area contributed by atoms with Gasteiger partial charge in [0.05, 0.1) is 6.54 Å². The summed E-state index contributed by atoms with van der Waals surface area (Å²) in [5, 5.41) is 2.93. The van der Waals surface area contributed by atoms with Crippen molar-refractivity contribution in [3.05, 3.63) is 17.0 Å². The molecule has 1 unspecified atom stereocenters. The third-order valence-electron chi connectivity index (χ3n) is 3.64. The number of anilines is 1. The fourth-order valence-electron chi connectivity index (χ4n) is 2.67. The first-order valence-corrected chi connectivity index (χ1v) is 8.54. The van der Waals surface area contributed by atoms with Gasteiger partial charge in [0.2, 0.25) is 0 Å². The van der Waals surface area contributed by atoms with Crippen LogP contribution in [0.3, 0.4) is 0 Å². The number of aromatic nitrogens is 2. The van der Waals surface area contributed by atoms with Crippen molar-refractivity contribution in [2.75, 3.05) is 25.4 Å². The van der Waals surface area contributed by atoms with Gasteiger partial charge in [0.25, 0.3) is 5.91 Å². The highest BCUT2D eigenvalue weighted by molar-refractivity contribution is 6.35. The highest BCUT2D eigenvalue weighted by Crippen LogP contribution is 2.19. The highest BCUT2D eigenvalue weighted by Gasteiger charge is 2.26. The molecule has 138 valence electrons. The molecule has 0 spiro atoms. The molecule has 1 atom stereocenters. The molecular formula is C16H24ClN5O3. The van der Waals surface area contributed by atoms with Gasteiger partial charge in [-0.3, -0.25) is 14.5 Å². The van der Waals surface area contributed by atoms with Crippen LogP contribution in [-0.4, -0.2) is 58.0 Å². The van der Waals surface area contributed by atoms with Gasteiger partial charge in [-0.05, 0) is 40.2 Å². The van der Waals surface area contributed by atoms with E-state index in [0.29, 0.717) is 6.54 Å². The van der Waals surface area contributed by atoms with E-state index >= 15 is 0 Å². The molecule has 0 saturated carbocycles. The number of hydrogen-bond donors (Lipinski definition) is 2. The summed E-state index contributed by atoms with van der Waals surface area (Å²) in [6.07, 6.45) is 2.88.